The fourth-order valence-electron chi connectivity index (χ4n) is 1.95. The van der Waals surface area contributed by atoms with Gasteiger partial charge in [0.05, 0.1) is 11.9 Å². The van der Waals surface area contributed by atoms with Crippen molar-refractivity contribution < 1.29 is 9.15 Å². The van der Waals surface area contributed by atoms with Crippen LogP contribution in [0.4, 0.5) is 0 Å². The molecule has 3 heteroatoms. The van der Waals surface area contributed by atoms with E-state index in [0.29, 0.717) is 6.04 Å². The van der Waals surface area contributed by atoms with E-state index in [4.69, 9.17) is 9.15 Å². The van der Waals surface area contributed by atoms with Gasteiger partial charge < -0.3 is 14.5 Å². The van der Waals surface area contributed by atoms with E-state index in [2.05, 4.69) is 32.2 Å². The van der Waals surface area contributed by atoms with Crippen LogP contribution in [-0.4, -0.2) is 19.3 Å². The molecule has 104 valence electrons. The van der Waals surface area contributed by atoms with Crippen LogP contribution in [0, 0.1) is 6.92 Å². The monoisotopic (exact) mass is 253 g/mol. The second-order valence-electron chi connectivity index (χ2n) is 5.50. The second kappa shape index (κ2) is 6.95. The number of aryl methyl sites for hydroxylation is 1. The van der Waals surface area contributed by atoms with Crippen molar-refractivity contribution >= 4 is 0 Å². The highest BCUT2D eigenvalue weighted by Gasteiger charge is 2.20. The molecule has 1 rings (SSSR count). The molecule has 1 aromatic rings. The highest BCUT2D eigenvalue weighted by Crippen LogP contribution is 2.25. The third kappa shape index (κ3) is 4.83. The summed E-state index contributed by atoms with van der Waals surface area (Å²) in [6.07, 6.45) is 5.08. The molecule has 0 saturated carbocycles. The topological polar surface area (TPSA) is 34.4 Å². The Bertz CT molecular complexity index is 344. The first kappa shape index (κ1) is 15.3. The first-order chi connectivity index (χ1) is 8.48. The summed E-state index contributed by atoms with van der Waals surface area (Å²) in [5.74, 6) is 0.972. The van der Waals surface area contributed by atoms with Crippen LogP contribution in [-0.2, 0) is 4.74 Å². The molecule has 0 bridgehead atoms. The van der Waals surface area contributed by atoms with Crippen molar-refractivity contribution in [2.24, 2.45) is 0 Å². The molecule has 0 aliphatic rings. The lowest BCUT2D eigenvalue weighted by atomic mass is 9.96. The van der Waals surface area contributed by atoms with Gasteiger partial charge in [-0.3, -0.25) is 0 Å². The highest BCUT2D eigenvalue weighted by molar-refractivity contribution is 5.16. The van der Waals surface area contributed by atoms with Crippen LogP contribution in [0.1, 0.15) is 57.4 Å². The van der Waals surface area contributed by atoms with Gasteiger partial charge >= 0.3 is 0 Å². The SMILES string of the molecule is CCCNC(CCC(C)(C)OC)c1coc(C)c1. The summed E-state index contributed by atoms with van der Waals surface area (Å²) in [6, 6.07) is 2.48. The molecule has 0 radical (unpaired) electrons. The van der Waals surface area contributed by atoms with Crippen molar-refractivity contribution in [1.29, 1.82) is 0 Å². The molecule has 0 spiro atoms. The average molecular weight is 253 g/mol. The predicted octanol–water partition coefficient (Wildman–Crippen LogP) is 3.83. The number of ether oxygens (including phenoxy) is 1. The minimum absolute atomic E-state index is 0.0646. The lowest BCUT2D eigenvalue weighted by Gasteiger charge is -2.26. The molecule has 18 heavy (non-hydrogen) atoms. The Labute approximate surface area is 111 Å². The lowest BCUT2D eigenvalue weighted by Crippen LogP contribution is -2.27. The van der Waals surface area contributed by atoms with Gasteiger partial charge in [-0.15, -0.1) is 0 Å². The summed E-state index contributed by atoms with van der Waals surface area (Å²) in [4.78, 5) is 0. The van der Waals surface area contributed by atoms with Crippen molar-refractivity contribution in [2.45, 2.75) is 58.6 Å². The minimum Gasteiger partial charge on any atom is -0.469 e. The number of nitrogens with one attached hydrogen (secondary N) is 1. The molecular weight excluding hydrogens is 226 g/mol. The van der Waals surface area contributed by atoms with Crippen molar-refractivity contribution in [3.8, 4) is 0 Å². The Balaban J connectivity index is 2.61. The van der Waals surface area contributed by atoms with E-state index < -0.39 is 0 Å². The van der Waals surface area contributed by atoms with E-state index >= 15 is 0 Å². The first-order valence-corrected chi connectivity index (χ1v) is 6.82. The fraction of sp³-hybridized carbons (Fsp3) is 0.733. The van der Waals surface area contributed by atoms with Crippen LogP contribution in [0.15, 0.2) is 16.7 Å². The molecular formula is C15H27NO2. The quantitative estimate of drug-likeness (QED) is 0.764. The first-order valence-electron chi connectivity index (χ1n) is 6.82. The van der Waals surface area contributed by atoms with Crippen molar-refractivity contribution in [3.63, 3.8) is 0 Å². The Morgan fingerprint density at radius 2 is 2.17 bits per heavy atom. The molecule has 1 heterocycles. The standard InChI is InChI=1S/C15H27NO2/c1-6-9-16-14(7-8-15(3,4)17-5)13-10-12(2)18-11-13/h10-11,14,16H,6-9H2,1-5H3. The average Bonchev–Trinajstić information content (AvgIpc) is 2.76. The van der Waals surface area contributed by atoms with Crippen LogP contribution >= 0.6 is 0 Å². The summed E-state index contributed by atoms with van der Waals surface area (Å²) >= 11 is 0. The molecule has 1 N–H and O–H groups in total. The maximum Gasteiger partial charge on any atom is 0.101 e. The molecule has 0 amide bonds. The van der Waals surface area contributed by atoms with Crippen LogP contribution < -0.4 is 5.32 Å². The summed E-state index contributed by atoms with van der Waals surface area (Å²) in [6.45, 7) is 9.46. The van der Waals surface area contributed by atoms with E-state index in [1.165, 1.54) is 5.56 Å². The number of furan rings is 1. The minimum atomic E-state index is -0.0646. The molecule has 1 unspecified atom stereocenters. The Kier molecular flexibility index (Phi) is 5.89. The van der Waals surface area contributed by atoms with Gasteiger partial charge in [-0.2, -0.15) is 0 Å². The van der Waals surface area contributed by atoms with Gasteiger partial charge in [0.15, 0.2) is 0 Å². The van der Waals surface area contributed by atoms with Gasteiger partial charge in [-0.05, 0) is 52.6 Å². The Morgan fingerprint density at radius 1 is 1.44 bits per heavy atom. The van der Waals surface area contributed by atoms with Crippen LogP contribution in [0.3, 0.4) is 0 Å². The third-order valence-corrected chi connectivity index (χ3v) is 3.38. The lowest BCUT2D eigenvalue weighted by molar-refractivity contribution is 0.0116. The van der Waals surface area contributed by atoms with Gasteiger partial charge in [0, 0.05) is 18.7 Å². The zero-order valence-corrected chi connectivity index (χ0v) is 12.4. The largest absolute Gasteiger partial charge is 0.469 e. The van der Waals surface area contributed by atoms with Crippen LogP contribution in [0.5, 0.6) is 0 Å². The molecule has 0 aromatic carbocycles. The molecule has 3 nitrogen and oxygen atoms in total. The van der Waals surface area contributed by atoms with Crippen LogP contribution in [0.25, 0.3) is 0 Å². The number of hydrogen-bond donors (Lipinski definition) is 1. The summed E-state index contributed by atoms with van der Waals surface area (Å²) in [7, 11) is 1.77. The molecule has 1 atom stereocenters. The van der Waals surface area contributed by atoms with Gasteiger partial charge in [0.25, 0.3) is 0 Å². The molecule has 0 fully saturated rings. The van der Waals surface area contributed by atoms with Crippen LogP contribution in [0.2, 0.25) is 0 Å². The third-order valence-electron chi connectivity index (χ3n) is 3.38. The summed E-state index contributed by atoms with van der Waals surface area (Å²) in [5, 5.41) is 3.58. The van der Waals surface area contributed by atoms with Gasteiger partial charge in [0.2, 0.25) is 0 Å². The van der Waals surface area contributed by atoms with Crippen molar-refractivity contribution in [2.75, 3.05) is 13.7 Å². The summed E-state index contributed by atoms with van der Waals surface area (Å²) < 4.78 is 10.9. The van der Waals surface area contributed by atoms with E-state index in [0.717, 1.165) is 31.6 Å². The maximum atomic E-state index is 5.48. The van der Waals surface area contributed by atoms with E-state index in [1.807, 2.05) is 13.2 Å². The zero-order valence-electron chi connectivity index (χ0n) is 12.4. The normalized spacial score (nSPS) is 13.8. The molecule has 0 aliphatic carbocycles. The van der Waals surface area contributed by atoms with Crippen molar-refractivity contribution in [1.82, 2.24) is 5.32 Å². The van der Waals surface area contributed by atoms with Gasteiger partial charge in [-0.1, -0.05) is 6.92 Å². The highest BCUT2D eigenvalue weighted by atomic mass is 16.5. The zero-order chi connectivity index (χ0) is 13.6. The maximum absolute atomic E-state index is 5.48. The number of methoxy groups -OCH3 is 1. The number of rotatable bonds is 8. The van der Waals surface area contributed by atoms with E-state index in [-0.39, 0.29) is 5.60 Å². The Hall–Kier alpha value is -0.800. The second-order valence-corrected chi connectivity index (χ2v) is 5.50. The molecule has 1 aromatic heterocycles. The fourth-order valence-corrected chi connectivity index (χ4v) is 1.95. The number of hydrogen-bond acceptors (Lipinski definition) is 3. The predicted molar refractivity (Wildman–Crippen MR) is 74.8 cm³/mol. The molecule has 0 aliphatic heterocycles. The molecule has 0 saturated heterocycles. The smallest absolute Gasteiger partial charge is 0.101 e. The van der Waals surface area contributed by atoms with Crippen molar-refractivity contribution in [3.05, 3.63) is 23.7 Å². The Morgan fingerprint density at radius 3 is 2.67 bits per heavy atom. The van der Waals surface area contributed by atoms with E-state index in [1.54, 1.807) is 7.11 Å². The van der Waals surface area contributed by atoms with Gasteiger partial charge in [-0.25, -0.2) is 0 Å². The van der Waals surface area contributed by atoms with Gasteiger partial charge in [0.1, 0.15) is 5.76 Å². The summed E-state index contributed by atoms with van der Waals surface area (Å²) in [5.41, 5.74) is 1.18. The van der Waals surface area contributed by atoms with E-state index in [9.17, 15) is 0 Å².